The number of hydrogen-bond acceptors (Lipinski definition) is 7. The molecule has 2 saturated heterocycles. The molecule has 4 heterocycles. The summed E-state index contributed by atoms with van der Waals surface area (Å²) in [7, 11) is 2.16. The van der Waals surface area contributed by atoms with Gasteiger partial charge in [-0.15, -0.1) is 5.10 Å². The first-order valence-electron chi connectivity index (χ1n) is 10.2. The van der Waals surface area contributed by atoms with E-state index < -0.39 is 0 Å². The maximum atomic E-state index is 4.60. The summed E-state index contributed by atoms with van der Waals surface area (Å²) in [6.07, 6.45) is 5.99. The SMILES string of the molecule is CN1CCN(c2ncc(CN3CC(n4cc(-c5ccccc5)nn4)C3)cn2)CC1. The molecule has 0 N–H and O–H groups in total. The summed E-state index contributed by atoms with van der Waals surface area (Å²) < 4.78 is 1.99. The molecule has 0 atom stereocenters. The highest BCUT2D eigenvalue weighted by Gasteiger charge is 2.29. The van der Waals surface area contributed by atoms with Gasteiger partial charge in [-0.2, -0.15) is 0 Å². The predicted octanol–water partition coefficient (Wildman–Crippen LogP) is 1.54. The molecule has 0 spiro atoms. The molecule has 29 heavy (non-hydrogen) atoms. The molecule has 0 amide bonds. The number of hydrogen-bond donors (Lipinski definition) is 0. The third-order valence-corrected chi connectivity index (χ3v) is 5.78. The highest BCUT2D eigenvalue weighted by atomic mass is 15.5. The molecule has 0 radical (unpaired) electrons. The lowest BCUT2D eigenvalue weighted by atomic mass is 10.1. The smallest absolute Gasteiger partial charge is 0.225 e. The van der Waals surface area contributed by atoms with Gasteiger partial charge >= 0.3 is 0 Å². The van der Waals surface area contributed by atoms with Gasteiger partial charge in [-0.05, 0) is 7.05 Å². The zero-order valence-electron chi connectivity index (χ0n) is 16.7. The van der Waals surface area contributed by atoms with Crippen molar-refractivity contribution in [3.63, 3.8) is 0 Å². The standard InChI is InChI=1S/C21H26N8/c1-26-7-9-28(10-8-26)21-22-11-17(12-23-21)13-27-14-19(15-27)29-16-20(24-25-29)18-5-3-2-4-6-18/h2-6,11-12,16,19H,7-10,13-15H2,1H3. The average Bonchev–Trinajstić information content (AvgIpc) is 3.22. The normalized spacial score (nSPS) is 18.7. The van der Waals surface area contributed by atoms with Crippen molar-refractivity contribution in [3.05, 3.63) is 54.5 Å². The maximum Gasteiger partial charge on any atom is 0.225 e. The summed E-state index contributed by atoms with van der Waals surface area (Å²) in [5, 5.41) is 8.66. The molecule has 2 aliphatic rings. The number of nitrogens with zero attached hydrogens (tertiary/aromatic N) is 8. The third-order valence-electron chi connectivity index (χ3n) is 5.78. The van der Waals surface area contributed by atoms with Crippen LogP contribution in [0.2, 0.25) is 0 Å². The number of piperazine rings is 1. The first-order chi connectivity index (χ1) is 14.2. The topological polar surface area (TPSA) is 66.2 Å². The zero-order chi connectivity index (χ0) is 19.6. The summed E-state index contributed by atoms with van der Waals surface area (Å²) in [5.74, 6) is 0.847. The van der Waals surface area contributed by atoms with Crippen molar-refractivity contribution < 1.29 is 0 Å². The van der Waals surface area contributed by atoms with E-state index in [1.807, 2.05) is 41.5 Å². The lowest BCUT2D eigenvalue weighted by Crippen LogP contribution is -2.47. The summed E-state index contributed by atoms with van der Waals surface area (Å²) in [5.41, 5.74) is 3.19. The Labute approximate surface area is 170 Å². The van der Waals surface area contributed by atoms with E-state index in [9.17, 15) is 0 Å². The lowest BCUT2D eigenvalue weighted by Gasteiger charge is -2.38. The van der Waals surface area contributed by atoms with E-state index >= 15 is 0 Å². The average molecular weight is 390 g/mol. The van der Waals surface area contributed by atoms with Crippen LogP contribution in [0.5, 0.6) is 0 Å². The molecule has 8 nitrogen and oxygen atoms in total. The number of anilines is 1. The fourth-order valence-corrected chi connectivity index (χ4v) is 3.89. The van der Waals surface area contributed by atoms with Crippen molar-refractivity contribution in [1.29, 1.82) is 0 Å². The van der Waals surface area contributed by atoms with Gasteiger partial charge < -0.3 is 9.80 Å². The van der Waals surface area contributed by atoms with E-state index in [4.69, 9.17) is 0 Å². The minimum Gasteiger partial charge on any atom is -0.338 e. The molecule has 2 aromatic heterocycles. The Hall–Kier alpha value is -2.84. The number of likely N-dealkylation sites (tertiary alicyclic amines) is 1. The van der Waals surface area contributed by atoms with Gasteiger partial charge in [-0.3, -0.25) is 4.90 Å². The molecule has 2 aliphatic heterocycles. The molecule has 0 saturated carbocycles. The number of benzene rings is 1. The van der Waals surface area contributed by atoms with Gasteiger partial charge in [0, 0.05) is 69.3 Å². The second-order valence-electron chi connectivity index (χ2n) is 7.98. The van der Waals surface area contributed by atoms with Crippen LogP contribution < -0.4 is 4.90 Å². The van der Waals surface area contributed by atoms with E-state index in [-0.39, 0.29) is 0 Å². The van der Waals surface area contributed by atoms with Gasteiger partial charge in [-0.1, -0.05) is 35.5 Å². The third kappa shape index (κ3) is 3.99. The summed E-state index contributed by atoms with van der Waals surface area (Å²) in [6.45, 7) is 6.93. The van der Waals surface area contributed by atoms with Crippen LogP contribution in [0.3, 0.4) is 0 Å². The monoisotopic (exact) mass is 390 g/mol. The van der Waals surface area contributed by atoms with E-state index in [2.05, 4.69) is 54.2 Å². The van der Waals surface area contributed by atoms with Gasteiger partial charge in [0.05, 0.1) is 12.2 Å². The van der Waals surface area contributed by atoms with E-state index in [1.54, 1.807) is 0 Å². The van der Waals surface area contributed by atoms with Crippen LogP contribution in [0, 0.1) is 0 Å². The zero-order valence-corrected chi connectivity index (χ0v) is 16.7. The summed E-state index contributed by atoms with van der Waals surface area (Å²) >= 11 is 0. The van der Waals surface area contributed by atoms with Crippen LogP contribution in [-0.4, -0.2) is 81.1 Å². The minimum absolute atomic E-state index is 0.380. The Bertz CT molecular complexity index is 925. The van der Waals surface area contributed by atoms with Crippen molar-refractivity contribution in [2.75, 3.05) is 51.2 Å². The van der Waals surface area contributed by atoms with Crippen LogP contribution in [0.25, 0.3) is 11.3 Å². The van der Waals surface area contributed by atoms with Crippen LogP contribution >= 0.6 is 0 Å². The van der Waals surface area contributed by atoms with Crippen LogP contribution in [0.15, 0.2) is 48.9 Å². The molecular formula is C21H26N8. The maximum absolute atomic E-state index is 4.60. The molecule has 3 aromatic rings. The first kappa shape index (κ1) is 18.2. The quantitative estimate of drug-likeness (QED) is 0.655. The van der Waals surface area contributed by atoms with Crippen molar-refractivity contribution in [2.24, 2.45) is 0 Å². The van der Waals surface area contributed by atoms with Crippen LogP contribution in [-0.2, 0) is 6.54 Å². The Morgan fingerprint density at radius 1 is 0.966 bits per heavy atom. The largest absolute Gasteiger partial charge is 0.338 e. The fourth-order valence-electron chi connectivity index (χ4n) is 3.89. The van der Waals surface area contributed by atoms with E-state index in [0.29, 0.717) is 6.04 Å². The van der Waals surface area contributed by atoms with Gasteiger partial charge in [0.15, 0.2) is 0 Å². The second kappa shape index (κ2) is 7.88. The van der Waals surface area contributed by atoms with E-state index in [0.717, 1.165) is 68.6 Å². The molecular weight excluding hydrogens is 364 g/mol. The summed E-state index contributed by atoms with van der Waals surface area (Å²) in [4.78, 5) is 16.2. The van der Waals surface area contributed by atoms with Gasteiger partial charge in [0.1, 0.15) is 5.69 Å². The highest BCUT2D eigenvalue weighted by Crippen LogP contribution is 2.24. The molecule has 2 fully saturated rings. The number of rotatable bonds is 5. The minimum atomic E-state index is 0.380. The second-order valence-corrected chi connectivity index (χ2v) is 7.98. The number of likely N-dealkylation sites (N-methyl/N-ethyl adjacent to an activating group) is 1. The number of aromatic nitrogens is 5. The first-order valence-corrected chi connectivity index (χ1v) is 10.2. The van der Waals surface area contributed by atoms with E-state index in [1.165, 1.54) is 0 Å². The molecule has 8 heteroatoms. The van der Waals surface area contributed by atoms with Gasteiger partial charge in [0.25, 0.3) is 0 Å². The molecule has 0 bridgehead atoms. The Kier molecular flexibility index (Phi) is 4.95. The van der Waals surface area contributed by atoms with Crippen molar-refractivity contribution >= 4 is 5.95 Å². The van der Waals surface area contributed by atoms with Gasteiger partial charge in [0.2, 0.25) is 5.95 Å². The lowest BCUT2D eigenvalue weighted by molar-refractivity contribution is 0.0894. The Balaban J connectivity index is 1.14. The molecule has 1 aromatic carbocycles. The van der Waals surface area contributed by atoms with Crippen molar-refractivity contribution in [3.8, 4) is 11.3 Å². The van der Waals surface area contributed by atoms with Crippen LogP contribution in [0.4, 0.5) is 5.95 Å². The molecule has 0 unspecified atom stereocenters. The molecule has 0 aliphatic carbocycles. The molecule has 5 rings (SSSR count). The van der Waals surface area contributed by atoms with Crippen LogP contribution in [0.1, 0.15) is 11.6 Å². The summed E-state index contributed by atoms with van der Waals surface area (Å²) in [6, 6.07) is 10.6. The highest BCUT2D eigenvalue weighted by molar-refractivity contribution is 5.57. The predicted molar refractivity (Wildman–Crippen MR) is 112 cm³/mol. The van der Waals surface area contributed by atoms with Crippen molar-refractivity contribution in [2.45, 2.75) is 12.6 Å². The Morgan fingerprint density at radius 3 is 2.41 bits per heavy atom. The molecule has 150 valence electrons. The Morgan fingerprint density at radius 2 is 1.69 bits per heavy atom. The van der Waals surface area contributed by atoms with Gasteiger partial charge in [-0.25, -0.2) is 14.6 Å². The van der Waals surface area contributed by atoms with Crippen molar-refractivity contribution in [1.82, 2.24) is 34.8 Å². The fraction of sp³-hybridized carbons (Fsp3) is 0.429.